The van der Waals surface area contributed by atoms with Gasteiger partial charge in [-0.15, -0.1) is 0 Å². The Morgan fingerprint density at radius 2 is 2.12 bits per heavy atom. The maximum absolute atomic E-state index is 6.28. The topological polar surface area (TPSA) is 38.5 Å². The molecule has 0 spiro atoms. The second kappa shape index (κ2) is 7.25. The number of nitrogens with two attached hydrogens (primary N) is 1. The number of ether oxygens (including phenoxy) is 1. The zero-order chi connectivity index (χ0) is 12.0. The predicted octanol–water partition coefficient (Wildman–Crippen LogP) is 1.86. The fourth-order valence-electron chi connectivity index (χ4n) is 2.50. The van der Waals surface area contributed by atoms with Gasteiger partial charge in [0.15, 0.2) is 0 Å². The largest absolute Gasteiger partial charge is 0.374 e. The van der Waals surface area contributed by atoms with Crippen LogP contribution in [-0.4, -0.2) is 43.3 Å². The first-order valence-corrected chi connectivity index (χ1v) is 6.78. The van der Waals surface area contributed by atoms with Crippen LogP contribution in [0.2, 0.25) is 0 Å². The third-order valence-corrected chi connectivity index (χ3v) is 3.55. The molecule has 1 heterocycles. The molecule has 0 aromatic carbocycles. The first-order valence-electron chi connectivity index (χ1n) is 6.78. The minimum absolute atomic E-state index is 0.194. The maximum atomic E-state index is 6.28. The van der Waals surface area contributed by atoms with Gasteiger partial charge < -0.3 is 10.5 Å². The minimum atomic E-state index is 0.194. The summed E-state index contributed by atoms with van der Waals surface area (Å²) in [7, 11) is 0. The van der Waals surface area contributed by atoms with Gasteiger partial charge in [0.25, 0.3) is 0 Å². The van der Waals surface area contributed by atoms with Crippen LogP contribution >= 0.6 is 0 Å². The first-order chi connectivity index (χ1) is 7.69. The minimum Gasteiger partial charge on any atom is -0.374 e. The highest BCUT2D eigenvalue weighted by molar-refractivity contribution is 4.83. The summed E-state index contributed by atoms with van der Waals surface area (Å²) in [5, 5.41) is 0. The lowest BCUT2D eigenvalue weighted by molar-refractivity contribution is -0.0485. The predicted molar refractivity (Wildman–Crippen MR) is 68.5 cm³/mol. The molecule has 3 atom stereocenters. The molecule has 1 fully saturated rings. The van der Waals surface area contributed by atoms with Gasteiger partial charge in [-0.2, -0.15) is 0 Å². The summed E-state index contributed by atoms with van der Waals surface area (Å²) in [6, 6.07) is 0.194. The van der Waals surface area contributed by atoms with Crippen LogP contribution in [0, 0.1) is 5.92 Å². The summed E-state index contributed by atoms with van der Waals surface area (Å²) in [4.78, 5) is 2.48. The fraction of sp³-hybridized carbons (Fsp3) is 1.00. The van der Waals surface area contributed by atoms with E-state index in [4.69, 9.17) is 10.5 Å². The van der Waals surface area contributed by atoms with Crippen molar-refractivity contribution in [2.75, 3.05) is 26.2 Å². The van der Waals surface area contributed by atoms with E-state index in [1.807, 2.05) is 0 Å². The van der Waals surface area contributed by atoms with E-state index in [2.05, 4.69) is 25.7 Å². The van der Waals surface area contributed by atoms with Crippen LogP contribution in [0.3, 0.4) is 0 Å². The van der Waals surface area contributed by atoms with Crippen molar-refractivity contribution >= 4 is 0 Å². The Balaban J connectivity index is 2.39. The van der Waals surface area contributed by atoms with Crippen molar-refractivity contribution in [3.63, 3.8) is 0 Å². The third kappa shape index (κ3) is 4.04. The van der Waals surface area contributed by atoms with Gasteiger partial charge in [0, 0.05) is 19.1 Å². The van der Waals surface area contributed by atoms with Gasteiger partial charge in [-0.1, -0.05) is 27.2 Å². The fourth-order valence-corrected chi connectivity index (χ4v) is 2.50. The van der Waals surface area contributed by atoms with Gasteiger partial charge in [-0.3, -0.25) is 4.90 Å². The lowest BCUT2D eigenvalue weighted by Gasteiger charge is -2.37. The molecule has 1 rings (SSSR count). The molecule has 0 aromatic rings. The zero-order valence-corrected chi connectivity index (χ0v) is 11.1. The maximum Gasteiger partial charge on any atom is 0.0855 e. The SMILES string of the molecule is CCCC(C)C(N)C1CN(CCC)CCO1. The monoisotopic (exact) mass is 228 g/mol. The molecule has 2 N–H and O–H groups in total. The highest BCUT2D eigenvalue weighted by Gasteiger charge is 2.28. The van der Waals surface area contributed by atoms with E-state index in [1.54, 1.807) is 0 Å². The lowest BCUT2D eigenvalue weighted by Crippen LogP contribution is -2.52. The van der Waals surface area contributed by atoms with Crippen molar-refractivity contribution in [2.24, 2.45) is 11.7 Å². The normalized spacial score (nSPS) is 26.6. The van der Waals surface area contributed by atoms with E-state index in [0.717, 1.165) is 19.7 Å². The molecule has 1 saturated heterocycles. The number of rotatable bonds is 6. The molecule has 0 bridgehead atoms. The summed E-state index contributed by atoms with van der Waals surface area (Å²) < 4.78 is 5.82. The van der Waals surface area contributed by atoms with E-state index < -0.39 is 0 Å². The van der Waals surface area contributed by atoms with E-state index in [-0.39, 0.29) is 12.1 Å². The molecule has 0 aromatic heterocycles. The Hall–Kier alpha value is -0.120. The molecule has 0 radical (unpaired) electrons. The molecule has 3 heteroatoms. The number of morpholine rings is 1. The molecule has 1 aliphatic heterocycles. The van der Waals surface area contributed by atoms with Gasteiger partial charge in [0.05, 0.1) is 12.7 Å². The summed E-state index contributed by atoms with van der Waals surface area (Å²) in [5.41, 5.74) is 6.28. The molecule has 0 amide bonds. The van der Waals surface area contributed by atoms with Crippen molar-refractivity contribution in [3.05, 3.63) is 0 Å². The molecule has 0 aliphatic carbocycles. The van der Waals surface area contributed by atoms with Crippen LogP contribution in [0.5, 0.6) is 0 Å². The first kappa shape index (κ1) is 13.9. The van der Waals surface area contributed by atoms with Crippen molar-refractivity contribution in [1.29, 1.82) is 0 Å². The van der Waals surface area contributed by atoms with E-state index >= 15 is 0 Å². The Morgan fingerprint density at radius 1 is 1.38 bits per heavy atom. The number of hydrogen-bond donors (Lipinski definition) is 1. The average molecular weight is 228 g/mol. The van der Waals surface area contributed by atoms with Crippen LogP contribution in [0.1, 0.15) is 40.0 Å². The Morgan fingerprint density at radius 3 is 2.75 bits per heavy atom. The summed E-state index contributed by atoms with van der Waals surface area (Å²) in [6.07, 6.45) is 3.86. The van der Waals surface area contributed by atoms with Gasteiger partial charge >= 0.3 is 0 Å². The number of nitrogens with zero attached hydrogens (tertiary/aromatic N) is 1. The van der Waals surface area contributed by atoms with E-state index in [0.29, 0.717) is 5.92 Å². The zero-order valence-electron chi connectivity index (χ0n) is 11.1. The second-order valence-electron chi connectivity index (χ2n) is 5.05. The summed E-state index contributed by atoms with van der Waals surface area (Å²) >= 11 is 0. The Labute approximate surface area is 100 Å². The van der Waals surface area contributed by atoms with Gasteiger partial charge in [-0.05, 0) is 25.3 Å². The quantitative estimate of drug-likeness (QED) is 0.754. The molecule has 16 heavy (non-hydrogen) atoms. The van der Waals surface area contributed by atoms with Crippen molar-refractivity contribution < 1.29 is 4.74 Å². The van der Waals surface area contributed by atoms with Gasteiger partial charge in [-0.25, -0.2) is 0 Å². The van der Waals surface area contributed by atoms with Crippen LogP contribution in [0.4, 0.5) is 0 Å². The molecule has 3 unspecified atom stereocenters. The highest BCUT2D eigenvalue weighted by Crippen LogP contribution is 2.17. The molecule has 0 saturated carbocycles. The molecule has 96 valence electrons. The van der Waals surface area contributed by atoms with Crippen molar-refractivity contribution in [3.8, 4) is 0 Å². The Bertz CT molecular complexity index is 181. The van der Waals surface area contributed by atoms with Crippen molar-refractivity contribution in [1.82, 2.24) is 4.90 Å². The average Bonchev–Trinajstić information content (AvgIpc) is 2.29. The summed E-state index contributed by atoms with van der Waals surface area (Å²) in [5.74, 6) is 0.566. The second-order valence-corrected chi connectivity index (χ2v) is 5.05. The van der Waals surface area contributed by atoms with Crippen molar-refractivity contribution in [2.45, 2.75) is 52.2 Å². The van der Waals surface area contributed by atoms with E-state index in [9.17, 15) is 0 Å². The molecule has 3 nitrogen and oxygen atoms in total. The summed E-state index contributed by atoms with van der Waals surface area (Å²) in [6.45, 7) is 10.8. The van der Waals surface area contributed by atoms with Crippen LogP contribution in [0.15, 0.2) is 0 Å². The lowest BCUT2D eigenvalue weighted by atomic mass is 9.92. The highest BCUT2D eigenvalue weighted by atomic mass is 16.5. The third-order valence-electron chi connectivity index (χ3n) is 3.55. The standard InChI is InChI=1S/C13H28N2O/c1-4-6-11(3)13(14)12-10-15(7-5-2)8-9-16-12/h11-13H,4-10,14H2,1-3H3. The van der Waals surface area contributed by atoms with Crippen LogP contribution in [-0.2, 0) is 4.74 Å². The molecule has 1 aliphatic rings. The van der Waals surface area contributed by atoms with E-state index in [1.165, 1.54) is 25.8 Å². The van der Waals surface area contributed by atoms with Crippen LogP contribution < -0.4 is 5.73 Å². The van der Waals surface area contributed by atoms with Gasteiger partial charge in [0.1, 0.15) is 0 Å². The smallest absolute Gasteiger partial charge is 0.0855 e. The number of hydrogen-bond acceptors (Lipinski definition) is 3. The Kier molecular flexibility index (Phi) is 6.32. The van der Waals surface area contributed by atoms with Crippen LogP contribution in [0.25, 0.3) is 0 Å². The molecular formula is C13H28N2O. The van der Waals surface area contributed by atoms with Gasteiger partial charge in [0.2, 0.25) is 0 Å². The molecular weight excluding hydrogens is 200 g/mol.